The Morgan fingerprint density at radius 3 is 2.92 bits per heavy atom. The Balaban J connectivity index is 1.62. The Morgan fingerprint density at radius 2 is 2.08 bits per heavy atom. The van der Waals surface area contributed by atoms with E-state index in [0.717, 1.165) is 0 Å². The maximum atomic E-state index is 12.0. The van der Waals surface area contributed by atoms with Crippen LogP contribution >= 0.6 is 23.2 Å². The molecule has 0 spiro atoms. The summed E-state index contributed by atoms with van der Waals surface area (Å²) in [5.74, 6) is 0.249. The topological polar surface area (TPSA) is 76.7 Å². The fraction of sp³-hybridized carbons (Fsp3) is 0.125. The maximum absolute atomic E-state index is 12.0. The Morgan fingerprint density at radius 1 is 1.25 bits per heavy atom. The summed E-state index contributed by atoms with van der Waals surface area (Å²) >= 11 is 11.8. The van der Waals surface area contributed by atoms with Gasteiger partial charge in [-0.1, -0.05) is 23.2 Å². The summed E-state index contributed by atoms with van der Waals surface area (Å²) in [5, 5.41) is 6.15. The highest BCUT2D eigenvalue weighted by Crippen LogP contribution is 2.30. The van der Waals surface area contributed by atoms with E-state index in [2.05, 4.69) is 10.6 Å². The molecule has 0 radical (unpaired) electrons. The highest BCUT2D eigenvalue weighted by Gasteiger charge is 2.16. The quantitative estimate of drug-likeness (QED) is 0.869. The molecule has 0 aliphatic carbocycles. The number of rotatable bonds is 4. The van der Waals surface area contributed by atoms with Crippen molar-refractivity contribution in [3.63, 3.8) is 0 Å². The molecule has 3 rings (SSSR count). The number of benzene rings is 2. The molecule has 124 valence electrons. The Hall–Kier alpha value is -2.44. The second-order valence-corrected chi connectivity index (χ2v) is 5.80. The molecule has 2 amide bonds. The zero-order valence-corrected chi connectivity index (χ0v) is 13.8. The van der Waals surface area contributed by atoms with Crippen molar-refractivity contribution in [1.82, 2.24) is 0 Å². The molecule has 0 fully saturated rings. The van der Waals surface area contributed by atoms with Gasteiger partial charge in [-0.05, 0) is 30.3 Å². The van der Waals surface area contributed by atoms with E-state index in [-0.39, 0.29) is 25.0 Å². The number of hydrogen-bond donors (Lipinski definition) is 2. The summed E-state index contributed by atoms with van der Waals surface area (Å²) < 4.78 is 10.6. The summed E-state index contributed by atoms with van der Waals surface area (Å²) in [6.45, 7) is -0.257. The number of carbonyl (C=O) groups excluding carboxylic acids is 2. The number of hydrogen-bond acceptors (Lipinski definition) is 4. The molecular formula is C16H12Cl2N2O4. The van der Waals surface area contributed by atoms with Crippen molar-refractivity contribution in [2.45, 2.75) is 0 Å². The van der Waals surface area contributed by atoms with Crippen LogP contribution in [0.15, 0.2) is 36.4 Å². The first kappa shape index (κ1) is 16.4. The summed E-state index contributed by atoms with van der Waals surface area (Å²) in [6.07, 6.45) is 0. The largest absolute Gasteiger partial charge is 0.482 e. The van der Waals surface area contributed by atoms with Gasteiger partial charge in [-0.2, -0.15) is 0 Å². The van der Waals surface area contributed by atoms with Crippen LogP contribution in [-0.4, -0.2) is 25.0 Å². The van der Waals surface area contributed by atoms with Gasteiger partial charge < -0.3 is 20.1 Å². The lowest BCUT2D eigenvalue weighted by molar-refractivity contribution is -0.119. The molecule has 2 aromatic rings. The number of amides is 2. The average molecular weight is 367 g/mol. The number of nitrogens with one attached hydrogen (secondary N) is 2. The summed E-state index contributed by atoms with van der Waals surface area (Å²) in [4.78, 5) is 23.3. The van der Waals surface area contributed by atoms with Crippen molar-refractivity contribution in [3.8, 4) is 11.5 Å². The van der Waals surface area contributed by atoms with Gasteiger partial charge in [0.05, 0.1) is 10.7 Å². The van der Waals surface area contributed by atoms with Gasteiger partial charge in [0.15, 0.2) is 13.2 Å². The molecule has 1 aliphatic rings. The van der Waals surface area contributed by atoms with Crippen molar-refractivity contribution in [1.29, 1.82) is 0 Å². The lowest BCUT2D eigenvalue weighted by Crippen LogP contribution is -2.25. The second-order valence-electron chi connectivity index (χ2n) is 4.96. The monoisotopic (exact) mass is 366 g/mol. The van der Waals surface area contributed by atoms with Crippen LogP contribution in [0.1, 0.15) is 0 Å². The van der Waals surface area contributed by atoms with Gasteiger partial charge in [0.2, 0.25) is 0 Å². The predicted molar refractivity (Wildman–Crippen MR) is 91.2 cm³/mol. The SMILES string of the molecule is O=C(COc1cc(Cl)ccc1Cl)Nc1ccc2c(c1)NC(=O)CO2. The number of fused-ring (bicyclic) bond motifs is 1. The van der Waals surface area contributed by atoms with Crippen LogP contribution < -0.4 is 20.1 Å². The Bertz CT molecular complexity index is 811. The highest BCUT2D eigenvalue weighted by molar-refractivity contribution is 6.34. The smallest absolute Gasteiger partial charge is 0.262 e. The van der Waals surface area contributed by atoms with E-state index < -0.39 is 0 Å². The third-order valence-corrected chi connectivity index (χ3v) is 3.70. The molecule has 0 atom stereocenters. The summed E-state index contributed by atoms with van der Waals surface area (Å²) in [5.41, 5.74) is 1.01. The summed E-state index contributed by atoms with van der Waals surface area (Å²) in [6, 6.07) is 9.68. The van der Waals surface area contributed by atoms with E-state index in [1.165, 1.54) is 6.07 Å². The normalized spacial score (nSPS) is 12.7. The van der Waals surface area contributed by atoms with Gasteiger partial charge in [0, 0.05) is 16.8 Å². The van der Waals surface area contributed by atoms with E-state index in [1.807, 2.05) is 0 Å². The molecule has 0 bridgehead atoms. The molecule has 6 nitrogen and oxygen atoms in total. The zero-order valence-electron chi connectivity index (χ0n) is 12.3. The van der Waals surface area contributed by atoms with Gasteiger partial charge >= 0.3 is 0 Å². The first-order chi connectivity index (χ1) is 11.5. The van der Waals surface area contributed by atoms with Gasteiger partial charge in [-0.15, -0.1) is 0 Å². The summed E-state index contributed by atoms with van der Waals surface area (Å²) in [7, 11) is 0. The Labute approximate surface area is 147 Å². The lowest BCUT2D eigenvalue weighted by Gasteiger charge is -2.18. The zero-order chi connectivity index (χ0) is 17.1. The minimum absolute atomic E-state index is 0.0209. The van der Waals surface area contributed by atoms with Gasteiger partial charge in [0.25, 0.3) is 11.8 Å². The number of anilines is 2. The van der Waals surface area contributed by atoms with Crippen molar-refractivity contribution in [2.24, 2.45) is 0 Å². The molecule has 0 saturated heterocycles. The first-order valence-electron chi connectivity index (χ1n) is 6.95. The number of halogens is 2. The molecule has 0 aromatic heterocycles. The van der Waals surface area contributed by atoms with Gasteiger partial charge in [-0.25, -0.2) is 0 Å². The van der Waals surface area contributed by atoms with Crippen LogP contribution in [0.3, 0.4) is 0 Å². The van der Waals surface area contributed by atoms with E-state index in [0.29, 0.717) is 32.9 Å². The van der Waals surface area contributed by atoms with Crippen LogP contribution in [0, 0.1) is 0 Å². The molecule has 1 heterocycles. The van der Waals surface area contributed by atoms with Crippen molar-refractivity contribution in [2.75, 3.05) is 23.8 Å². The first-order valence-corrected chi connectivity index (χ1v) is 7.71. The minimum Gasteiger partial charge on any atom is -0.482 e. The van der Waals surface area contributed by atoms with Crippen LogP contribution in [0.5, 0.6) is 11.5 Å². The Kier molecular flexibility index (Phi) is 4.78. The number of carbonyl (C=O) groups is 2. The molecule has 1 aliphatic heterocycles. The third-order valence-electron chi connectivity index (χ3n) is 3.15. The minimum atomic E-state index is -0.381. The van der Waals surface area contributed by atoms with Crippen molar-refractivity contribution in [3.05, 3.63) is 46.4 Å². The van der Waals surface area contributed by atoms with Crippen LogP contribution in [0.4, 0.5) is 11.4 Å². The van der Waals surface area contributed by atoms with E-state index >= 15 is 0 Å². The fourth-order valence-corrected chi connectivity index (χ4v) is 2.42. The standard InChI is InChI=1S/C16H12Cl2N2O4/c17-9-1-3-11(18)14(5-9)24-7-15(21)19-10-2-4-13-12(6-10)20-16(22)8-23-13/h1-6H,7-8H2,(H,19,21)(H,20,22). The van der Waals surface area contributed by atoms with Gasteiger partial charge in [0.1, 0.15) is 11.5 Å². The maximum Gasteiger partial charge on any atom is 0.262 e. The second kappa shape index (κ2) is 6.98. The van der Waals surface area contributed by atoms with Crippen molar-refractivity contribution >= 4 is 46.4 Å². The molecule has 0 saturated carbocycles. The van der Waals surface area contributed by atoms with Crippen LogP contribution in [0.2, 0.25) is 10.0 Å². The van der Waals surface area contributed by atoms with E-state index in [4.69, 9.17) is 32.7 Å². The molecule has 0 unspecified atom stereocenters. The van der Waals surface area contributed by atoms with Crippen LogP contribution in [-0.2, 0) is 9.59 Å². The van der Waals surface area contributed by atoms with E-state index in [1.54, 1.807) is 30.3 Å². The number of ether oxygens (including phenoxy) is 2. The predicted octanol–water partition coefficient (Wildman–Crippen LogP) is 3.34. The molecule has 2 N–H and O–H groups in total. The van der Waals surface area contributed by atoms with Crippen LogP contribution in [0.25, 0.3) is 0 Å². The molecule has 2 aromatic carbocycles. The van der Waals surface area contributed by atoms with E-state index in [9.17, 15) is 9.59 Å². The van der Waals surface area contributed by atoms with Crippen molar-refractivity contribution < 1.29 is 19.1 Å². The average Bonchev–Trinajstić information content (AvgIpc) is 2.55. The van der Waals surface area contributed by atoms with Gasteiger partial charge in [-0.3, -0.25) is 9.59 Å². The molecule has 24 heavy (non-hydrogen) atoms. The third kappa shape index (κ3) is 3.90. The lowest BCUT2D eigenvalue weighted by atomic mass is 10.2. The molecule has 8 heteroatoms. The molecular weight excluding hydrogens is 355 g/mol. The fourth-order valence-electron chi connectivity index (χ4n) is 2.09. The highest BCUT2D eigenvalue weighted by atomic mass is 35.5.